The Morgan fingerprint density at radius 3 is 2.40 bits per heavy atom. The van der Waals surface area contributed by atoms with Crippen LogP contribution in [0.1, 0.15) is 17.9 Å². The Labute approximate surface area is 116 Å². The number of hydrogen-bond donors (Lipinski definition) is 1. The van der Waals surface area contributed by atoms with E-state index in [1.54, 1.807) is 31.4 Å². The first-order chi connectivity index (χ1) is 9.56. The highest BCUT2D eigenvalue weighted by Gasteiger charge is 2.34. The lowest BCUT2D eigenvalue weighted by Crippen LogP contribution is -2.19. The maximum Gasteiger partial charge on any atom is 0.317 e. The predicted molar refractivity (Wildman–Crippen MR) is 71.5 cm³/mol. The number of hydrogen-bond acceptors (Lipinski definition) is 5. The molecule has 0 fully saturated rings. The zero-order chi connectivity index (χ0) is 14.7. The van der Waals surface area contributed by atoms with Gasteiger partial charge in [0.1, 0.15) is 11.7 Å². The fourth-order valence-corrected chi connectivity index (χ4v) is 2.28. The highest BCUT2D eigenvalue weighted by molar-refractivity contribution is 6.05. The van der Waals surface area contributed by atoms with Gasteiger partial charge in [0.2, 0.25) is 0 Å². The van der Waals surface area contributed by atoms with E-state index in [0.717, 1.165) is 0 Å². The summed E-state index contributed by atoms with van der Waals surface area (Å²) in [6.45, 7) is 0. The van der Waals surface area contributed by atoms with Gasteiger partial charge >= 0.3 is 5.97 Å². The Bertz CT molecular complexity index is 544. The standard InChI is InChI=1S/C15H16O5/c1-19-11-5-3-9(4-6-11)14(15(18)20-2)12-7-10(16)8-13(12)17/h3-7,10,14,16H,8H2,1-2H3/t10-,14?/m0/s1. The minimum Gasteiger partial charge on any atom is -0.497 e. The van der Waals surface area contributed by atoms with Gasteiger partial charge in [-0.1, -0.05) is 12.1 Å². The van der Waals surface area contributed by atoms with E-state index in [0.29, 0.717) is 11.3 Å². The van der Waals surface area contributed by atoms with Crippen molar-refractivity contribution in [2.75, 3.05) is 14.2 Å². The van der Waals surface area contributed by atoms with E-state index < -0.39 is 18.0 Å². The van der Waals surface area contributed by atoms with Gasteiger partial charge in [0.25, 0.3) is 0 Å². The molecule has 1 N–H and O–H groups in total. The second-order valence-electron chi connectivity index (χ2n) is 4.55. The molecular formula is C15H16O5. The molecule has 0 saturated heterocycles. The van der Waals surface area contributed by atoms with Gasteiger partial charge in [0.15, 0.2) is 5.78 Å². The van der Waals surface area contributed by atoms with Crippen molar-refractivity contribution in [2.24, 2.45) is 0 Å². The van der Waals surface area contributed by atoms with Gasteiger partial charge in [0.05, 0.1) is 20.3 Å². The van der Waals surface area contributed by atoms with Crippen molar-refractivity contribution in [2.45, 2.75) is 18.4 Å². The molecular weight excluding hydrogens is 260 g/mol. The Morgan fingerprint density at radius 2 is 1.95 bits per heavy atom. The molecule has 0 bridgehead atoms. The van der Waals surface area contributed by atoms with Crippen molar-refractivity contribution < 1.29 is 24.2 Å². The maximum absolute atomic E-state index is 12.0. The van der Waals surface area contributed by atoms with Gasteiger partial charge in [-0.15, -0.1) is 0 Å². The topological polar surface area (TPSA) is 72.8 Å². The summed E-state index contributed by atoms with van der Waals surface area (Å²) in [6, 6.07) is 6.84. The van der Waals surface area contributed by atoms with E-state index in [1.165, 1.54) is 13.2 Å². The molecule has 0 radical (unpaired) electrons. The van der Waals surface area contributed by atoms with Crippen LogP contribution < -0.4 is 4.74 Å². The summed E-state index contributed by atoms with van der Waals surface area (Å²) in [5.74, 6) is -0.910. The summed E-state index contributed by atoms with van der Waals surface area (Å²) in [6.07, 6.45) is 0.607. The Morgan fingerprint density at radius 1 is 1.30 bits per heavy atom. The second-order valence-corrected chi connectivity index (χ2v) is 4.55. The van der Waals surface area contributed by atoms with Gasteiger partial charge in [-0.05, 0) is 23.8 Å². The van der Waals surface area contributed by atoms with Gasteiger partial charge in [-0.2, -0.15) is 0 Å². The van der Waals surface area contributed by atoms with Crippen LogP contribution in [-0.4, -0.2) is 37.2 Å². The molecule has 0 spiro atoms. The van der Waals surface area contributed by atoms with Crippen LogP contribution in [0.15, 0.2) is 35.9 Å². The minimum atomic E-state index is -0.831. The van der Waals surface area contributed by atoms with E-state index in [2.05, 4.69) is 0 Å². The highest BCUT2D eigenvalue weighted by Crippen LogP contribution is 2.32. The van der Waals surface area contributed by atoms with Crippen LogP contribution in [0.25, 0.3) is 0 Å². The van der Waals surface area contributed by atoms with Gasteiger partial charge in [-0.25, -0.2) is 0 Å². The van der Waals surface area contributed by atoms with Crippen LogP contribution in [0.5, 0.6) is 5.75 Å². The van der Waals surface area contributed by atoms with Crippen LogP contribution in [0, 0.1) is 0 Å². The zero-order valence-corrected chi connectivity index (χ0v) is 11.3. The van der Waals surface area contributed by atoms with Crippen LogP contribution in [0.4, 0.5) is 0 Å². The highest BCUT2D eigenvalue weighted by atomic mass is 16.5. The summed E-state index contributed by atoms with van der Waals surface area (Å²) in [5, 5.41) is 9.53. The van der Waals surface area contributed by atoms with Gasteiger partial charge < -0.3 is 14.6 Å². The third kappa shape index (κ3) is 2.72. The normalized spacial score (nSPS) is 19.4. The zero-order valence-electron chi connectivity index (χ0n) is 11.3. The van der Waals surface area contributed by atoms with E-state index in [4.69, 9.17) is 9.47 Å². The first-order valence-electron chi connectivity index (χ1n) is 6.21. The molecule has 0 aromatic heterocycles. The number of carbonyl (C=O) groups is 2. The molecule has 1 unspecified atom stereocenters. The van der Waals surface area contributed by atoms with Gasteiger partial charge in [0, 0.05) is 12.0 Å². The number of aliphatic hydroxyl groups is 1. The molecule has 0 amide bonds. The monoisotopic (exact) mass is 276 g/mol. The van der Waals surface area contributed by atoms with Crippen molar-refractivity contribution in [3.63, 3.8) is 0 Å². The number of Topliss-reactive ketones (excluding diaryl/α,β-unsaturated/α-hetero) is 1. The van der Waals surface area contributed by atoms with Crippen LogP contribution in [0.2, 0.25) is 0 Å². The molecule has 2 rings (SSSR count). The summed E-state index contributed by atoms with van der Waals surface area (Å²) in [7, 11) is 2.82. The minimum absolute atomic E-state index is 0.0129. The first-order valence-corrected chi connectivity index (χ1v) is 6.21. The number of ether oxygens (including phenoxy) is 2. The largest absolute Gasteiger partial charge is 0.497 e. The van der Waals surface area contributed by atoms with Crippen LogP contribution >= 0.6 is 0 Å². The molecule has 1 aromatic rings. The molecule has 20 heavy (non-hydrogen) atoms. The molecule has 0 aliphatic heterocycles. The van der Waals surface area contributed by atoms with Crippen molar-refractivity contribution in [3.05, 3.63) is 41.5 Å². The fraction of sp³-hybridized carbons (Fsp3) is 0.333. The van der Waals surface area contributed by atoms with Crippen molar-refractivity contribution in [1.82, 2.24) is 0 Å². The summed E-state index contributed by atoms with van der Waals surface area (Å²) in [5.41, 5.74) is 0.917. The Hall–Kier alpha value is -2.14. The van der Waals surface area contributed by atoms with Gasteiger partial charge in [-0.3, -0.25) is 9.59 Å². The number of ketones is 1. The second kappa shape index (κ2) is 5.88. The number of rotatable bonds is 4. The van der Waals surface area contributed by atoms with E-state index in [-0.39, 0.29) is 17.8 Å². The molecule has 1 aromatic carbocycles. The maximum atomic E-state index is 12.0. The van der Waals surface area contributed by atoms with E-state index >= 15 is 0 Å². The number of methoxy groups -OCH3 is 2. The van der Waals surface area contributed by atoms with E-state index in [9.17, 15) is 14.7 Å². The SMILES string of the molecule is COC(=O)C(C1=C[C@H](O)CC1=O)c1ccc(OC)cc1. The lowest BCUT2D eigenvalue weighted by atomic mass is 9.90. The smallest absolute Gasteiger partial charge is 0.317 e. The number of aliphatic hydroxyl groups excluding tert-OH is 1. The Kier molecular flexibility index (Phi) is 4.20. The predicted octanol–water partition coefficient (Wildman–Crippen LogP) is 1.21. The summed E-state index contributed by atoms with van der Waals surface area (Å²) in [4.78, 5) is 23.9. The van der Waals surface area contributed by atoms with Crippen LogP contribution in [0.3, 0.4) is 0 Å². The number of benzene rings is 1. The number of esters is 1. The molecule has 1 aliphatic carbocycles. The average Bonchev–Trinajstić information content (AvgIpc) is 2.78. The molecule has 1 aliphatic rings. The van der Waals surface area contributed by atoms with Crippen molar-refractivity contribution in [1.29, 1.82) is 0 Å². The lowest BCUT2D eigenvalue weighted by Gasteiger charge is -2.16. The molecule has 5 heteroatoms. The van der Waals surface area contributed by atoms with Crippen molar-refractivity contribution in [3.8, 4) is 5.75 Å². The third-order valence-corrected chi connectivity index (χ3v) is 3.29. The quantitative estimate of drug-likeness (QED) is 0.837. The third-order valence-electron chi connectivity index (χ3n) is 3.29. The first kappa shape index (κ1) is 14.3. The average molecular weight is 276 g/mol. The molecule has 2 atom stereocenters. The number of carbonyl (C=O) groups excluding carboxylic acids is 2. The lowest BCUT2D eigenvalue weighted by molar-refractivity contribution is -0.142. The van der Waals surface area contributed by atoms with Crippen molar-refractivity contribution >= 4 is 11.8 Å². The molecule has 106 valence electrons. The summed E-state index contributed by atoms with van der Waals surface area (Å²) < 4.78 is 9.84. The fourth-order valence-electron chi connectivity index (χ4n) is 2.28. The summed E-state index contributed by atoms with van der Waals surface area (Å²) >= 11 is 0. The van der Waals surface area contributed by atoms with Crippen LogP contribution in [-0.2, 0) is 14.3 Å². The molecule has 0 saturated carbocycles. The van der Waals surface area contributed by atoms with E-state index in [1.807, 2.05) is 0 Å². The molecule has 5 nitrogen and oxygen atoms in total. The molecule has 0 heterocycles. The Balaban J connectivity index is 2.39.